The number of nitrogens with zero attached hydrogens (tertiary/aromatic N) is 1. The standard InChI is InChI=1S/C17H19NO11S/c1-25-11-4-8(9(18(23)24)5-12(11)26-2)6-27-15-13(20)16(21)29-14(15)10(19)7-28-17(22)30-3/h4-5,10,14,19-20H,6-7H2,1-3H3. The summed E-state index contributed by atoms with van der Waals surface area (Å²) in [6.45, 7) is -1.01. The summed E-state index contributed by atoms with van der Waals surface area (Å²) in [5, 5.41) is 30.8. The van der Waals surface area contributed by atoms with Crippen molar-refractivity contribution in [3.63, 3.8) is 0 Å². The highest BCUT2D eigenvalue weighted by molar-refractivity contribution is 8.12. The van der Waals surface area contributed by atoms with Gasteiger partial charge in [-0.25, -0.2) is 9.59 Å². The predicted molar refractivity (Wildman–Crippen MR) is 101 cm³/mol. The zero-order valence-electron chi connectivity index (χ0n) is 16.1. The Morgan fingerprint density at radius 2 is 1.97 bits per heavy atom. The predicted octanol–water partition coefficient (Wildman–Crippen LogP) is 1.68. The summed E-state index contributed by atoms with van der Waals surface area (Å²) < 4.78 is 25.1. The molecule has 1 aliphatic rings. The first-order chi connectivity index (χ1) is 14.2. The lowest BCUT2D eigenvalue weighted by molar-refractivity contribution is -0.386. The molecule has 0 saturated heterocycles. The second-order valence-electron chi connectivity index (χ2n) is 5.75. The molecule has 13 heteroatoms. The number of methoxy groups -OCH3 is 2. The molecule has 0 saturated carbocycles. The van der Waals surface area contributed by atoms with Crippen molar-refractivity contribution in [1.82, 2.24) is 0 Å². The summed E-state index contributed by atoms with van der Waals surface area (Å²) in [4.78, 5) is 33.6. The Morgan fingerprint density at radius 1 is 1.33 bits per heavy atom. The van der Waals surface area contributed by atoms with Crippen molar-refractivity contribution in [2.24, 2.45) is 0 Å². The van der Waals surface area contributed by atoms with Crippen LogP contribution in [0.3, 0.4) is 0 Å². The van der Waals surface area contributed by atoms with Gasteiger partial charge in [0.05, 0.1) is 30.8 Å². The summed E-state index contributed by atoms with van der Waals surface area (Å²) in [5.41, 5.74) is -0.316. The molecule has 0 radical (unpaired) electrons. The first kappa shape index (κ1) is 23.1. The van der Waals surface area contributed by atoms with Crippen LogP contribution in [0.1, 0.15) is 5.56 Å². The molecule has 0 fully saturated rings. The van der Waals surface area contributed by atoms with Gasteiger partial charge in [-0.1, -0.05) is 0 Å². The molecule has 30 heavy (non-hydrogen) atoms. The van der Waals surface area contributed by atoms with Gasteiger partial charge < -0.3 is 33.9 Å². The molecule has 164 valence electrons. The number of thioether (sulfide) groups is 1. The maximum Gasteiger partial charge on any atom is 0.378 e. The highest BCUT2D eigenvalue weighted by atomic mass is 32.2. The third-order valence-corrected chi connectivity index (χ3v) is 4.42. The van der Waals surface area contributed by atoms with E-state index in [1.165, 1.54) is 26.5 Å². The first-order valence-corrected chi connectivity index (χ1v) is 9.50. The fourth-order valence-electron chi connectivity index (χ4n) is 2.51. The average molecular weight is 445 g/mol. The zero-order valence-corrected chi connectivity index (χ0v) is 17.0. The highest BCUT2D eigenvalue weighted by Gasteiger charge is 2.41. The van der Waals surface area contributed by atoms with E-state index in [0.717, 1.165) is 17.8 Å². The van der Waals surface area contributed by atoms with Gasteiger partial charge in [0, 0.05) is 0 Å². The lowest BCUT2D eigenvalue weighted by Crippen LogP contribution is -2.34. The molecule has 2 unspecified atom stereocenters. The van der Waals surface area contributed by atoms with Crippen LogP contribution in [0.15, 0.2) is 23.7 Å². The van der Waals surface area contributed by atoms with Crippen LogP contribution >= 0.6 is 11.8 Å². The number of esters is 1. The summed E-state index contributed by atoms with van der Waals surface area (Å²) in [7, 11) is 2.66. The van der Waals surface area contributed by atoms with Crippen LogP contribution in [0.25, 0.3) is 0 Å². The minimum absolute atomic E-state index is 0.0411. The quantitative estimate of drug-likeness (QED) is 0.321. The van der Waals surface area contributed by atoms with E-state index < -0.39 is 53.1 Å². The van der Waals surface area contributed by atoms with E-state index in [1.54, 1.807) is 0 Å². The molecule has 1 aliphatic heterocycles. The number of cyclic esters (lactones) is 1. The molecule has 2 N–H and O–H groups in total. The Labute approximate surface area is 174 Å². The Balaban J connectivity index is 2.24. The normalized spacial score (nSPS) is 16.7. The van der Waals surface area contributed by atoms with Crippen LogP contribution in [-0.4, -0.2) is 65.7 Å². The lowest BCUT2D eigenvalue weighted by atomic mass is 10.1. The van der Waals surface area contributed by atoms with Crippen molar-refractivity contribution in [1.29, 1.82) is 0 Å². The van der Waals surface area contributed by atoms with Gasteiger partial charge in [-0.15, -0.1) is 0 Å². The summed E-state index contributed by atoms with van der Waals surface area (Å²) >= 11 is 0.771. The van der Waals surface area contributed by atoms with E-state index >= 15 is 0 Å². The topological polar surface area (TPSA) is 164 Å². The largest absolute Gasteiger partial charge is 0.499 e. The molecular weight excluding hydrogens is 426 g/mol. The van der Waals surface area contributed by atoms with Crippen LogP contribution < -0.4 is 9.47 Å². The number of hydrogen-bond donors (Lipinski definition) is 2. The number of aliphatic hydroxyl groups is 2. The summed E-state index contributed by atoms with van der Waals surface area (Å²) in [6.07, 6.45) is -1.53. The number of carbonyl (C=O) groups is 2. The summed E-state index contributed by atoms with van der Waals surface area (Å²) in [6, 6.07) is 2.44. The SMILES string of the molecule is COc1cc(COC2=C(O)C(=O)OC2C(O)COC(=O)SC)c([N+](=O)[O-])cc1OC. The molecule has 1 aromatic carbocycles. The van der Waals surface area contributed by atoms with Gasteiger partial charge in [0.1, 0.15) is 19.3 Å². The molecule has 0 amide bonds. The Kier molecular flexibility index (Phi) is 7.72. The molecular formula is C17H19NO11S. The fraction of sp³-hybridized carbons (Fsp3) is 0.412. The Morgan fingerprint density at radius 3 is 2.53 bits per heavy atom. The van der Waals surface area contributed by atoms with Crippen molar-refractivity contribution in [3.8, 4) is 11.5 Å². The molecule has 1 heterocycles. The van der Waals surface area contributed by atoms with Crippen molar-refractivity contribution in [2.75, 3.05) is 27.1 Å². The van der Waals surface area contributed by atoms with Gasteiger partial charge in [-0.2, -0.15) is 0 Å². The van der Waals surface area contributed by atoms with E-state index in [0.29, 0.717) is 0 Å². The molecule has 2 atom stereocenters. The van der Waals surface area contributed by atoms with Gasteiger partial charge in [0.15, 0.2) is 23.4 Å². The zero-order chi connectivity index (χ0) is 22.4. The number of aliphatic hydroxyl groups excluding tert-OH is 2. The maximum absolute atomic E-state index is 11.7. The first-order valence-electron chi connectivity index (χ1n) is 8.28. The van der Waals surface area contributed by atoms with Crippen molar-refractivity contribution in [2.45, 2.75) is 18.8 Å². The van der Waals surface area contributed by atoms with E-state index in [-0.39, 0.29) is 22.7 Å². The third kappa shape index (κ3) is 5.04. The lowest BCUT2D eigenvalue weighted by Gasteiger charge is -2.20. The van der Waals surface area contributed by atoms with Crippen LogP contribution in [-0.2, 0) is 25.6 Å². The molecule has 1 aromatic rings. The molecule has 0 spiro atoms. The van der Waals surface area contributed by atoms with Gasteiger partial charge in [0.2, 0.25) is 5.76 Å². The fourth-order valence-corrected chi connectivity index (χ4v) is 2.70. The number of nitro benzene ring substituents is 1. The van der Waals surface area contributed by atoms with Crippen molar-refractivity contribution < 1.29 is 48.4 Å². The number of rotatable bonds is 9. The molecule has 2 rings (SSSR count). The minimum atomic E-state index is -1.54. The molecule has 0 aromatic heterocycles. The maximum atomic E-state index is 11.7. The number of ether oxygens (including phenoxy) is 5. The van der Waals surface area contributed by atoms with Gasteiger partial charge in [-0.3, -0.25) is 10.1 Å². The number of benzene rings is 1. The van der Waals surface area contributed by atoms with E-state index in [1.807, 2.05) is 0 Å². The van der Waals surface area contributed by atoms with Gasteiger partial charge in [0.25, 0.3) is 5.69 Å². The van der Waals surface area contributed by atoms with Crippen LogP contribution in [0, 0.1) is 10.1 Å². The molecule has 12 nitrogen and oxygen atoms in total. The average Bonchev–Trinajstić information content (AvgIpc) is 3.03. The van der Waals surface area contributed by atoms with Crippen LogP contribution in [0.4, 0.5) is 10.5 Å². The smallest absolute Gasteiger partial charge is 0.378 e. The van der Waals surface area contributed by atoms with Crippen LogP contribution in [0.5, 0.6) is 11.5 Å². The Hall–Kier alpha value is -3.19. The third-order valence-electron chi connectivity index (χ3n) is 3.97. The number of hydrogen-bond acceptors (Lipinski definition) is 12. The van der Waals surface area contributed by atoms with Crippen molar-refractivity contribution in [3.05, 3.63) is 39.3 Å². The minimum Gasteiger partial charge on any atom is -0.499 e. The summed E-state index contributed by atoms with van der Waals surface area (Å²) in [5.74, 6) is -2.19. The van der Waals surface area contributed by atoms with E-state index in [2.05, 4.69) is 0 Å². The van der Waals surface area contributed by atoms with Gasteiger partial charge >= 0.3 is 11.3 Å². The number of carbonyl (C=O) groups excluding carboxylic acids is 2. The number of nitro groups is 1. The second-order valence-corrected chi connectivity index (χ2v) is 6.49. The van der Waals surface area contributed by atoms with Crippen LogP contribution in [0.2, 0.25) is 0 Å². The monoisotopic (exact) mass is 445 g/mol. The van der Waals surface area contributed by atoms with Gasteiger partial charge in [-0.05, 0) is 24.1 Å². The van der Waals surface area contributed by atoms with E-state index in [4.69, 9.17) is 23.7 Å². The second kappa shape index (κ2) is 10.0. The Bertz CT molecular complexity index is 870. The van der Waals surface area contributed by atoms with E-state index in [9.17, 15) is 29.9 Å². The molecule has 0 bridgehead atoms. The highest BCUT2D eigenvalue weighted by Crippen LogP contribution is 2.36. The van der Waals surface area contributed by atoms with Crippen molar-refractivity contribution >= 4 is 28.7 Å². The molecule has 0 aliphatic carbocycles.